The number of nitrogens with zero attached hydrogens (tertiary/aromatic N) is 2. The molecule has 3 aromatic rings. The largest absolute Gasteiger partial charge is 0.462 e. The van der Waals surface area contributed by atoms with Crippen molar-refractivity contribution in [3.8, 4) is 0 Å². The summed E-state index contributed by atoms with van der Waals surface area (Å²) in [5, 5.41) is 2.77. The van der Waals surface area contributed by atoms with Gasteiger partial charge in [-0.25, -0.2) is 9.79 Å². The highest BCUT2D eigenvalue weighted by atomic mass is 32.2. The third-order valence-electron chi connectivity index (χ3n) is 5.24. The van der Waals surface area contributed by atoms with Gasteiger partial charge in [0.2, 0.25) is 11.8 Å². The van der Waals surface area contributed by atoms with E-state index in [1.54, 1.807) is 48.2 Å². The Balaban J connectivity index is 1.54. The molecule has 0 spiro atoms. The van der Waals surface area contributed by atoms with Gasteiger partial charge in [0, 0.05) is 12.1 Å². The van der Waals surface area contributed by atoms with Crippen molar-refractivity contribution in [2.24, 2.45) is 4.99 Å². The summed E-state index contributed by atoms with van der Waals surface area (Å²) in [4.78, 5) is 44.1. The minimum absolute atomic E-state index is 0.0322. The summed E-state index contributed by atoms with van der Waals surface area (Å²) in [7, 11) is 0. The molecule has 1 N–H and O–H groups in total. The smallest absolute Gasteiger partial charge is 0.338 e. The van der Waals surface area contributed by atoms with Crippen molar-refractivity contribution >= 4 is 46.1 Å². The van der Waals surface area contributed by atoms with Gasteiger partial charge in [0.1, 0.15) is 5.25 Å². The van der Waals surface area contributed by atoms with E-state index < -0.39 is 11.2 Å². The fraction of sp³-hybridized carbons (Fsp3) is 0.185. The average molecular weight is 488 g/mol. The summed E-state index contributed by atoms with van der Waals surface area (Å²) in [6, 6.07) is 25.5. The quantitative estimate of drug-likeness (QED) is 0.451. The molecule has 0 aromatic heterocycles. The highest BCUT2D eigenvalue weighted by Gasteiger charge is 2.39. The topological polar surface area (TPSA) is 88.1 Å². The second kappa shape index (κ2) is 11.5. The molecule has 0 saturated carbocycles. The molecular weight excluding hydrogens is 462 g/mol. The zero-order valence-electron chi connectivity index (χ0n) is 19.2. The summed E-state index contributed by atoms with van der Waals surface area (Å²) in [6.45, 7) is 2.41. The molecule has 35 heavy (non-hydrogen) atoms. The van der Waals surface area contributed by atoms with Crippen LogP contribution in [-0.2, 0) is 20.9 Å². The number of benzene rings is 3. The predicted molar refractivity (Wildman–Crippen MR) is 138 cm³/mol. The van der Waals surface area contributed by atoms with Crippen LogP contribution in [0.3, 0.4) is 0 Å². The second-order valence-corrected chi connectivity index (χ2v) is 8.97. The summed E-state index contributed by atoms with van der Waals surface area (Å²) < 4.78 is 5.02. The van der Waals surface area contributed by atoms with Crippen LogP contribution in [0.15, 0.2) is 89.9 Å². The van der Waals surface area contributed by atoms with E-state index in [0.717, 1.165) is 5.56 Å². The third kappa shape index (κ3) is 6.36. The Morgan fingerprint density at radius 1 is 0.971 bits per heavy atom. The molecule has 1 aliphatic rings. The first-order valence-corrected chi connectivity index (χ1v) is 12.1. The van der Waals surface area contributed by atoms with E-state index in [1.165, 1.54) is 11.8 Å². The van der Waals surface area contributed by atoms with Crippen molar-refractivity contribution in [2.45, 2.75) is 25.1 Å². The molecule has 2 amide bonds. The minimum atomic E-state index is -0.583. The molecule has 0 unspecified atom stereocenters. The molecule has 1 atom stereocenters. The number of para-hydroxylation sites is 1. The number of thioether (sulfide) groups is 1. The van der Waals surface area contributed by atoms with Gasteiger partial charge >= 0.3 is 5.97 Å². The lowest BCUT2D eigenvalue weighted by molar-refractivity contribution is -0.128. The maximum absolute atomic E-state index is 13.3. The van der Waals surface area contributed by atoms with Crippen molar-refractivity contribution in [3.05, 3.63) is 96.1 Å². The second-order valence-electron chi connectivity index (χ2n) is 7.80. The summed E-state index contributed by atoms with van der Waals surface area (Å²) >= 11 is 1.27. The van der Waals surface area contributed by atoms with E-state index in [2.05, 4.69) is 10.3 Å². The standard InChI is InChI=1S/C27H25N3O4S/c1-2-34-26(33)20-13-15-22(16-14-20)29-27-30(18-19-9-5-3-6-10-19)25(32)23(35-27)17-24(31)28-21-11-7-4-8-12-21/h3-16,23H,2,17-18H2,1H3,(H,28,31)/t23-/m1/s1. The zero-order valence-corrected chi connectivity index (χ0v) is 20.0. The number of hydrogen-bond donors (Lipinski definition) is 1. The molecule has 1 saturated heterocycles. The van der Waals surface area contributed by atoms with Gasteiger partial charge in [0.15, 0.2) is 5.17 Å². The predicted octanol–water partition coefficient (Wildman–Crippen LogP) is 5.02. The number of amidine groups is 1. The lowest BCUT2D eigenvalue weighted by Crippen LogP contribution is -2.33. The van der Waals surface area contributed by atoms with Gasteiger partial charge in [-0.3, -0.25) is 14.5 Å². The Bertz CT molecular complexity index is 1210. The van der Waals surface area contributed by atoms with E-state index >= 15 is 0 Å². The van der Waals surface area contributed by atoms with Gasteiger partial charge in [0.25, 0.3) is 0 Å². The van der Waals surface area contributed by atoms with Crippen LogP contribution in [0.25, 0.3) is 0 Å². The van der Waals surface area contributed by atoms with Crippen LogP contribution in [0.4, 0.5) is 11.4 Å². The number of amides is 2. The number of hydrogen-bond acceptors (Lipinski definition) is 6. The van der Waals surface area contributed by atoms with Crippen LogP contribution in [0.1, 0.15) is 29.3 Å². The van der Waals surface area contributed by atoms with Crippen molar-refractivity contribution in [2.75, 3.05) is 11.9 Å². The SMILES string of the molecule is CCOC(=O)c1ccc(N=C2S[C@H](CC(=O)Nc3ccccc3)C(=O)N2Cc2ccccc2)cc1. The molecule has 178 valence electrons. The van der Waals surface area contributed by atoms with Crippen molar-refractivity contribution in [1.29, 1.82) is 0 Å². The molecule has 1 heterocycles. The van der Waals surface area contributed by atoms with E-state index in [4.69, 9.17) is 4.74 Å². The van der Waals surface area contributed by atoms with Crippen LogP contribution in [0.5, 0.6) is 0 Å². The monoisotopic (exact) mass is 487 g/mol. The van der Waals surface area contributed by atoms with Crippen molar-refractivity contribution in [1.82, 2.24) is 4.90 Å². The highest BCUT2D eigenvalue weighted by molar-refractivity contribution is 8.15. The number of carbonyl (C=O) groups excluding carboxylic acids is 3. The fourth-order valence-electron chi connectivity index (χ4n) is 3.54. The molecule has 0 bridgehead atoms. The van der Waals surface area contributed by atoms with Crippen LogP contribution in [0, 0.1) is 0 Å². The first kappa shape index (κ1) is 24.2. The van der Waals surface area contributed by atoms with Crippen molar-refractivity contribution < 1.29 is 19.1 Å². The fourth-order valence-corrected chi connectivity index (χ4v) is 4.69. The zero-order chi connectivity index (χ0) is 24.6. The van der Waals surface area contributed by atoms with Gasteiger partial charge in [-0.15, -0.1) is 0 Å². The van der Waals surface area contributed by atoms with Crippen LogP contribution >= 0.6 is 11.8 Å². The van der Waals surface area contributed by atoms with E-state index in [-0.39, 0.29) is 18.2 Å². The Morgan fingerprint density at radius 2 is 1.63 bits per heavy atom. The Labute approximate surface area is 208 Å². The lowest BCUT2D eigenvalue weighted by atomic mass is 10.2. The number of anilines is 1. The minimum Gasteiger partial charge on any atom is -0.462 e. The summed E-state index contributed by atoms with van der Waals surface area (Å²) in [5.74, 6) is -0.793. The third-order valence-corrected chi connectivity index (χ3v) is 6.41. The average Bonchev–Trinajstić information content (AvgIpc) is 3.14. The number of aliphatic imine (C=N–C) groups is 1. The summed E-state index contributed by atoms with van der Waals surface area (Å²) in [5.41, 5.74) is 2.68. The Kier molecular flexibility index (Phi) is 7.95. The molecule has 8 heteroatoms. The van der Waals surface area contributed by atoms with Gasteiger partial charge < -0.3 is 10.1 Å². The number of esters is 1. The molecule has 1 aliphatic heterocycles. The van der Waals surface area contributed by atoms with Gasteiger partial charge in [-0.1, -0.05) is 60.3 Å². The van der Waals surface area contributed by atoms with E-state index in [9.17, 15) is 14.4 Å². The first-order valence-electron chi connectivity index (χ1n) is 11.3. The number of ether oxygens (including phenoxy) is 1. The van der Waals surface area contributed by atoms with Crippen LogP contribution in [-0.4, -0.2) is 39.7 Å². The highest BCUT2D eigenvalue weighted by Crippen LogP contribution is 2.33. The Morgan fingerprint density at radius 3 is 2.29 bits per heavy atom. The molecule has 3 aromatic carbocycles. The lowest BCUT2D eigenvalue weighted by Gasteiger charge is -2.16. The van der Waals surface area contributed by atoms with Crippen LogP contribution < -0.4 is 5.32 Å². The summed E-state index contributed by atoms with van der Waals surface area (Å²) in [6.07, 6.45) is 0.0322. The van der Waals surface area contributed by atoms with Gasteiger partial charge in [0.05, 0.1) is 24.4 Å². The van der Waals surface area contributed by atoms with Crippen molar-refractivity contribution in [3.63, 3.8) is 0 Å². The Hall–Kier alpha value is -3.91. The van der Waals surface area contributed by atoms with E-state index in [0.29, 0.717) is 35.3 Å². The molecular formula is C27H25N3O4S. The maximum Gasteiger partial charge on any atom is 0.338 e. The number of nitrogens with one attached hydrogen (secondary N) is 1. The molecule has 7 nitrogen and oxygen atoms in total. The van der Waals surface area contributed by atoms with Gasteiger partial charge in [-0.2, -0.15) is 0 Å². The molecule has 0 aliphatic carbocycles. The molecule has 4 rings (SSSR count). The number of rotatable bonds is 8. The first-order chi connectivity index (χ1) is 17.0. The van der Waals surface area contributed by atoms with Gasteiger partial charge in [-0.05, 0) is 48.9 Å². The van der Waals surface area contributed by atoms with Crippen LogP contribution in [0.2, 0.25) is 0 Å². The normalized spacial score (nSPS) is 16.4. The maximum atomic E-state index is 13.3. The molecule has 1 fully saturated rings. The number of carbonyl (C=O) groups is 3. The molecule has 0 radical (unpaired) electrons. The van der Waals surface area contributed by atoms with E-state index in [1.807, 2.05) is 48.5 Å².